The highest BCUT2D eigenvalue weighted by atomic mass is 16.3. The van der Waals surface area contributed by atoms with Crippen LogP contribution in [-0.4, -0.2) is 75.1 Å². The SMILES string of the molecule is CN(C)[C@@H]1C(O)=C(C(N)=O)C(=O)[C@@]2(O)C(O)=C3C(=O)c4c(O)ccc(-c5ccc(CNCCC#N)cc5)c4C[C@@H]3C[C@@H]12. The predicted molar refractivity (Wildman–Crippen MR) is 151 cm³/mol. The molecular weight excluding hydrogens is 540 g/mol. The van der Waals surface area contributed by atoms with E-state index >= 15 is 0 Å². The van der Waals surface area contributed by atoms with Crippen molar-refractivity contribution in [1.29, 1.82) is 5.26 Å². The van der Waals surface area contributed by atoms with Crippen molar-refractivity contribution in [1.82, 2.24) is 10.2 Å². The summed E-state index contributed by atoms with van der Waals surface area (Å²) in [4.78, 5) is 41.0. The van der Waals surface area contributed by atoms with E-state index in [0.717, 1.165) is 11.1 Å². The normalized spacial score (nSPS) is 25.2. The van der Waals surface area contributed by atoms with Gasteiger partial charge in [0.2, 0.25) is 5.78 Å². The molecule has 0 saturated heterocycles. The number of amides is 1. The molecule has 1 amide bonds. The van der Waals surface area contributed by atoms with E-state index in [1.165, 1.54) is 11.0 Å². The molecule has 3 aliphatic carbocycles. The summed E-state index contributed by atoms with van der Waals surface area (Å²) >= 11 is 0. The second-order valence-corrected chi connectivity index (χ2v) is 11.2. The first kappa shape index (κ1) is 29.0. The van der Waals surface area contributed by atoms with Crippen LogP contribution in [0.5, 0.6) is 5.75 Å². The zero-order chi connectivity index (χ0) is 30.5. The lowest BCUT2D eigenvalue weighted by molar-refractivity contribution is -0.148. The number of primary amides is 1. The summed E-state index contributed by atoms with van der Waals surface area (Å²) in [5, 5.41) is 56.7. The lowest BCUT2D eigenvalue weighted by Crippen LogP contribution is -2.63. The zero-order valence-electron chi connectivity index (χ0n) is 23.2. The number of nitriles is 1. The third-order valence-electron chi connectivity index (χ3n) is 8.61. The average Bonchev–Trinajstić information content (AvgIpc) is 2.93. The van der Waals surface area contributed by atoms with E-state index in [2.05, 4.69) is 11.4 Å². The topological polar surface area (TPSA) is 197 Å². The molecule has 4 atom stereocenters. The van der Waals surface area contributed by atoms with Gasteiger partial charge in [-0.1, -0.05) is 30.3 Å². The molecule has 0 heterocycles. The third kappa shape index (κ3) is 4.36. The Hall–Kier alpha value is -4.50. The Morgan fingerprint density at radius 1 is 1.14 bits per heavy atom. The number of carbonyl (C=O) groups excluding carboxylic acids is 3. The van der Waals surface area contributed by atoms with Gasteiger partial charge in [0.05, 0.1) is 17.7 Å². The first-order valence-corrected chi connectivity index (χ1v) is 13.6. The van der Waals surface area contributed by atoms with Gasteiger partial charge in [0.25, 0.3) is 5.91 Å². The summed E-state index contributed by atoms with van der Waals surface area (Å²) in [7, 11) is 3.18. The second kappa shape index (κ2) is 10.7. The smallest absolute Gasteiger partial charge is 0.255 e. The van der Waals surface area contributed by atoms with Crippen LogP contribution in [0, 0.1) is 23.2 Å². The number of carbonyl (C=O) groups is 3. The number of aliphatic hydroxyl groups is 3. The molecule has 11 heteroatoms. The number of hydrogen-bond acceptors (Lipinski definition) is 10. The fraction of sp³-hybridized carbons (Fsp3) is 0.355. The Morgan fingerprint density at radius 2 is 1.83 bits per heavy atom. The number of aliphatic hydroxyl groups excluding tert-OH is 2. The van der Waals surface area contributed by atoms with E-state index in [4.69, 9.17) is 11.0 Å². The number of rotatable bonds is 7. The average molecular weight is 573 g/mol. The molecule has 0 saturated carbocycles. The highest BCUT2D eigenvalue weighted by Crippen LogP contribution is 2.53. The first-order chi connectivity index (χ1) is 19.9. The van der Waals surface area contributed by atoms with Gasteiger partial charge in [0, 0.05) is 31.0 Å². The van der Waals surface area contributed by atoms with Crippen LogP contribution in [0.4, 0.5) is 0 Å². The van der Waals surface area contributed by atoms with Crippen molar-refractivity contribution in [3.8, 4) is 22.9 Å². The number of nitrogens with one attached hydrogen (secondary N) is 1. The highest BCUT2D eigenvalue weighted by Gasteiger charge is 2.63. The number of phenols is 1. The zero-order valence-corrected chi connectivity index (χ0v) is 23.2. The fourth-order valence-electron chi connectivity index (χ4n) is 6.70. The molecule has 7 N–H and O–H groups in total. The number of fused-ring (bicyclic) bond motifs is 3. The molecule has 3 aliphatic rings. The number of hydrogen-bond donors (Lipinski definition) is 6. The van der Waals surface area contributed by atoms with Crippen LogP contribution in [0.3, 0.4) is 0 Å². The van der Waals surface area contributed by atoms with Gasteiger partial charge in [0.1, 0.15) is 22.8 Å². The van der Waals surface area contributed by atoms with Crippen molar-refractivity contribution in [2.45, 2.75) is 37.5 Å². The molecule has 0 spiro atoms. The summed E-state index contributed by atoms with van der Waals surface area (Å²) in [6.45, 7) is 1.15. The second-order valence-electron chi connectivity index (χ2n) is 11.2. The maximum Gasteiger partial charge on any atom is 0.255 e. The highest BCUT2D eigenvalue weighted by molar-refractivity contribution is 6.24. The Morgan fingerprint density at radius 3 is 2.45 bits per heavy atom. The van der Waals surface area contributed by atoms with Gasteiger partial charge in [0.15, 0.2) is 11.4 Å². The number of nitrogens with two attached hydrogens (primary N) is 1. The standard InChI is InChI=1S/C31H32N4O7/c1-35(2)25-20-13-17-12-19-18(16-6-4-15(5-7-16)14-34-11-3-10-32)8-9-21(36)23(19)26(37)22(17)28(39)31(20,42)29(40)24(27(25)38)30(33)41/h4-9,17,20,25,34,36,38-39,42H,3,11-14H2,1-2H3,(H2,33,41)/t17-,20+,25+,31+/m1/s1. The summed E-state index contributed by atoms with van der Waals surface area (Å²) in [6.07, 6.45) is 0.632. The fourth-order valence-corrected chi connectivity index (χ4v) is 6.70. The summed E-state index contributed by atoms with van der Waals surface area (Å²) in [5.41, 5.74) is 4.72. The van der Waals surface area contributed by atoms with Crippen molar-refractivity contribution in [2.75, 3.05) is 20.6 Å². The Labute approximate surface area is 242 Å². The Kier molecular flexibility index (Phi) is 7.41. The van der Waals surface area contributed by atoms with Crippen LogP contribution in [0.25, 0.3) is 11.1 Å². The molecule has 5 rings (SSSR count). The van der Waals surface area contributed by atoms with Crippen LogP contribution in [-0.2, 0) is 22.6 Å². The van der Waals surface area contributed by atoms with Crippen LogP contribution >= 0.6 is 0 Å². The van der Waals surface area contributed by atoms with E-state index in [1.807, 2.05) is 24.3 Å². The van der Waals surface area contributed by atoms with Gasteiger partial charge < -0.3 is 31.5 Å². The molecule has 0 fully saturated rings. The minimum absolute atomic E-state index is 0.0220. The molecule has 2 aromatic rings. The first-order valence-electron chi connectivity index (χ1n) is 13.6. The lowest BCUT2D eigenvalue weighted by Gasteiger charge is -2.50. The summed E-state index contributed by atoms with van der Waals surface area (Å²) < 4.78 is 0. The van der Waals surface area contributed by atoms with Crippen molar-refractivity contribution < 1.29 is 34.8 Å². The minimum atomic E-state index is -2.67. The van der Waals surface area contributed by atoms with Gasteiger partial charge in [-0.3, -0.25) is 19.3 Å². The number of aromatic hydroxyl groups is 1. The van der Waals surface area contributed by atoms with E-state index < -0.39 is 58.0 Å². The van der Waals surface area contributed by atoms with Crippen LogP contribution in [0.15, 0.2) is 59.1 Å². The summed E-state index contributed by atoms with van der Waals surface area (Å²) in [6, 6.07) is 11.8. The van der Waals surface area contributed by atoms with Crippen molar-refractivity contribution >= 4 is 17.5 Å². The molecule has 2 aromatic carbocycles. The molecule has 218 valence electrons. The van der Waals surface area contributed by atoms with Gasteiger partial charge in [-0.2, -0.15) is 5.26 Å². The molecule has 11 nitrogen and oxygen atoms in total. The van der Waals surface area contributed by atoms with E-state index in [9.17, 15) is 34.8 Å². The Balaban J connectivity index is 1.58. The number of likely N-dealkylation sites (N-methyl/N-ethyl adjacent to an activating group) is 1. The molecule has 0 radical (unpaired) electrons. The van der Waals surface area contributed by atoms with Gasteiger partial charge in [-0.15, -0.1) is 0 Å². The van der Waals surface area contributed by atoms with Crippen molar-refractivity contribution in [3.63, 3.8) is 0 Å². The number of Topliss-reactive ketones (excluding diaryl/α,β-unsaturated/α-hetero) is 2. The van der Waals surface area contributed by atoms with E-state index in [1.54, 1.807) is 20.2 Å². The predicted octanol–water partition coefficient (Wildman–Crippen LogP) is 1.79. The van der Waals surface area contributed by atoms with Crippen LogP contribution < -0.4 is 11.1 Å². The summed E-state index contributed by atoms with van der Waals surface area (Å²) in [5.74, 6) is -6.79. The van der Waals surface area contributed by atoms with Crippen LogP contribution in [0.2, 0.25) is 0 Å². The monoisotopic (exact) mass is 572 g/mol. The van der Waals surface area contributed by atoms with Crippen molar-refractivity contribution in [2.24, 2.45) is 17.6 Å². The number of allylic oxidation sites excluding steroid dienone is 1. The molecule has 0 aromatic heterocycles. The van der Waals surface area contributed by atoms with E-state index in [0.29, 0.717) is 30.6 Å². The maximum absolute atomic E-state index is 13.9. The van der Waals surface area contributed by atoms with E-state index in [-0.39, 0.29) is 29.7 Å². The van der Waals surface area contributed by atoms with Gasteiger partial charge in [-0.05, 0) is 61.2 Å². The number of ketones is 2. The minimum Gasteiger partial charge on any atom is -0.510 e. The Bertz CT molecular complexity index is 1600. The molecule has 0 aliphatic heterocycles. The largest absolute Gasteiger partial charge is 0.510 e. The molecule has 0 unspecified atom stereocenters. The lowest BCUT2D eigenvalue weighted by atomic mass is 9.58. The number of benzene rings is 2. The maximum atomic E-state index is 13.9. The number of phenolic OH excluding ortho intramolecular Hbond substituents is 1. The van der Waals surface area contributed by atoms with Gasteiger partial charge >= 0.3 is 0 Å². The third-order valence-corrected chi connectivity index (χ3v) is 8.61. The van der Waals surface area contributed by atoms with Gasteiger partial charge in [-0.25, -0.2) is 0 Å². The van der Waals surface area contributed by atoms with Crippen LogP contribution in [0.1, 0.15) is 34.3 Å². The molecular formula is C31H32N4O7. The molecule has 42 heavy (non-hydrogen) atoms. The van der Waals surface area contributed by atoms with Crippen molar-refractivity contribution in [3.05, 3.63) is 75.8 Å². The number of nitrogens with zero attached hydrogens (tertiary/aromatic N) is 2. The quantitative estimate of drug-likeness (QED) is 0.210. The molecule has 0 bridgehead atoms.